The molecule has 0 unspecified atom stereocenters. The van der Waals surface area contributed by atoms with E-state index in [9.17, 15) is 18.8 Å². The number of hydrogen-bond donors (Lipinski definition) is 1. The Morgan fingerprint density at radius 2 is 1.72 bits per heavy atom. The van der Waals surface area contributed by atoms with Gasteiger partial charge in [0.25, 0.3) is 5.91 Å². The summed E-state index contributed by atoms with van der Waals surface area (Å²) < 4.78 is 24.0. The number of benzene rings is 2. The number of halogens is 1. The second kappa shape index (κ2) is 12.0. The van der Waals surface area contributed by atoms with Crippen LogP contribution in [0.25, 0.3) is 11.1 Å². The van der Waals surface area contributed by atoms with Gasteiger partial charge in [-0.2, -0.15) is 0 Å². The predicted molar refractivity (Wildman–Crippen MR) is 145 cm³/mol. The van der Waals surface area contributed by atoms with Gasteiger partial charge in [0.15, 0.2) is 0 Å². The number of rotatable bonds is 10. The molecular formula is C31H31FN2O5. The number of fused-ring (bicyclic) bond motifs is 1. The van der Waals surface area contributed by atoms with Crippen LogP contribution < -0.4 is 5.32 Å². The minimum atomic E-state index is -0.591. The number of hydrogen-bond acceptors (Lipinski definition) is 6. The number of carbonyl (C=O) groups is 3. The van der Waals surface area contributed by atoms with Crippen LogP contribution in [0.15, 0.2) is 61.2 Å². The van der Waals surface area contributed by atoms with E-state index >= 15 is 0 Å². The second-order valence-corrected chi connectivity index (χ2v) is 9.58. The van der Waals surface area contributed by atoms with Crippen molar-refractivity contribution >= 4 is 17.8 Å². The third-order valence-corrected chi connectivity index (χ3v) is 6.56. The maximum Gasteiger partial charge on any atom is 0.340 e. The quantitative estimate of drug-likeness (QED) is 0.270. The highest BCUT2D eigenvalue weighted by molar-refractivity contribution is 6.10. The van der Waals surface area contributed by atoms with Crippen molar-refractivity contribution < 1.29 is 28.2 Å². The van der Waals surface area contributed by atoms with Crippen molar-refractivity contribution in [2.75, 3.05) is 13.2 Å². The summed E-state index contributed by atoms with van der Waals surface area (Å²) in [6, 6.07) is 12.4. The lowest BCUT2D eigenvalue weighted by Gasteiger charge is -2.20. The molecule has 202 valence electrons. The first-order valence-electron chi connectivity index (χ1n) is 12.9. The van der Waals surface area contributed by atoms with E-state index in [-0.39, 0.29) is 42.5 Å². The van der Waals surface area contributed by atoms with Crippen LogP contribution in [0.5, 0.6) is 0 Å². The fourth-order valence-electron chi connectivity index (χ4n) is 4.67. The van der Waals surface area contributed by atoms with Gasteiger partial charge in [-0.3, -0.25) is 9.78 Å². The van der Waals surface area contributed by atoms with Gasteiger partial charge in [0, 0.05) is 5.56 Å². The Labute approximate surface area is 227 Å². The molecule has 1 amide bonds. The molecule has 0 aliphatic carbocycles. The van der Waals surface area contributed by atoms with Crippen LogP contribution in [0, 0.1) is 11.7 Å². The molecule has 0 bridgehead atoms. The van der Waals surface area contributed by atoms with E-state index in [0.29, 0.717) is 46.5 Å². The largest absolute Gasteiger partial charge is 0.462 e. The van der Waals surface area contributed by atoms with Crippen LogP contribution in [0.4, 0.5) is 4.39 Å². The number of pyridine rings is 1. The average Bonchev–Trinajstić information content (AvgIpc) is 3.27. The Bertz CT molecular complexity index is 1400. The van der Waals surface area contributed by atoms with Crippen molar-refractivity contribution in [1.29, 1.82) is 0 Å². The molecule has 4 rings (SSSR count). The second-order valence-electron chi connectivity index (χ2n) is 9.58. The van der Waals surface area contributed by atoms with Gasteiger partial charge in [0.2, 0.25) is 0 Å². The van der Waals surface area contributed by atoms with Gasteiger partial charge in [0.05, 0.1) is 40.7 Å². The highest BCUT2D eigenvalue weighted by Gasteiger charge is 2.38. The molecule has 2 heterocycles. The van der Waals surface area contributed by atoms with Gasteiger partial charge >= 0.3 is 11.9 Å². The lowest BCUT2D eigenvalue weighted by Crippen LogP contribution is -2.23. The standard InChI is InChI=1S/C31H31FN2O5/c1-5-17-39-30(36)21-12-10-20(11-13-21)24-25(31(37)38-6-2)23(16-9-19-7-14-22(32)15-8-19)33-28-26(24)29(35)34-27(28)18(3)4/h5,7-8,10-15,18,27H,1,6,9,16-17H2,2-4H3,(H,34,35)/t27-/m0/s1. The molecule has 39 heavy (non-hydrogen) atoms. The summed E-state index contributed by atoms with van der Waals surface area (Å²) in [6.07, 6.45) is 2.35. The van der Waals surface area contributed by atoms with Gasteiger partial charge in [-0.25, -0.2) is 14.0 Å². The van der Waals surface area contributed by atoms with Crippen LogP contribution in [-0.4, -0.2) is 36.0 Å². The molecule has 0 saturated heterocycles. The van der Waals surface area contributed by atoms with Crippen molar-refractivity contribution in [3.8, 4) is 11.1 Å². The molecule has 0 saturated carbocycles. The Balaban J connectivity index is 1.88. The Morgan fingerprint density at radius 1 is 1.03 bits per heavy atom. The summed E-state index contributed by atoms with van der Waals surface area (Å²) in [5.41, 5.74) is 3.78. The fraction of sp³-hybridized carbons (Fsp3) is 0.290. The van der Waals surface area contributed by atoms with Crippen molar-refractivity contribution in [3.63, 3.8) is 0 Å². The topological polar surface area (TPSA) is 94.6 Å². The monoisotopic (exact) mass is 530 g/mol. The Morgan fingerprint density at radius 3 is 2.33 bits per heavy atom. The molecule has 1 atom stereocenters. The van der Waals surface area contributed by atoms with E-state index in [2.05, 4.69) is 11.9 Å². The predicted octanol–water partition coefficient (Wildman–Crippen LogP) is 5.63. The highest BCUT2D eigenvalue weighted by atomic mass is 19.1. The first-order valence-corrected chi connectivity index (χ1v) is 12.9. The minimum Gasteiger partial charge on any atom is -0.462 e. The number of ether oxygens (including phenoxy) is 2. The molecule has 0 spiro atoms. The average molecular weight is 531 g/mol. The number of amides is 1. The molecule has 1 aliphatic rings. The first-order chi connectivity index (χ1) is 18.7. The lowest BCUT2D eigenvalue weighted by molar-refractivity contribution is 0.0522. The van der Waals surface area contributed by atoms with Gasteiger partial charge in [-0.1, -0.05) is 50.8 Å². The molecule has 1 aliphatic heterocycles. The maximum atomic E-state index is 13.4. The summed E-state index contributed by atoms with van der Waals surface area (Å²) in [5, 5.41) is 3.01. The van der Waals surface area contributed by atoms with Gasteiger partial charge in [0.1, 0.15) is 12.4 Å². The molecule has 0 fully saturated rings. The fourth-order valence-corrected chi connectivity index (χ4v) is 4.67. The number of esters is 2. The summed E-state index contributed by atoms with van der Waals surface area (Å²) in [6.45, 7) is 9.46. The number of aromatic nitrogens is 1. The first kappa shape index (κ1) is 27.7. The maximum absolute atomic E-state index is 13.4. The number of carbonyl (C=O) groups excluding carboxylic acids is 3. The normalized spacial score (nSPS) is 14.1. The van der Waals surface area contributed by atoms with E-state index < -0.39 is 11.9 Å². The van der Waals surface area contributed by atoms with Crippen LogP contribution in [0.2, 0.25) is 0 Å². The van der Waals surface area contributed by atoms with Crippen LogP contribution in [0.3, 0.4) is 0 Å². The zero-order valence-electron chi connectivity index (χ0n) is 22.3. The zero-order chi connectivity index (χ0) is 28.1. The van der Waals surface area contributed by atoms with Crippen molar-refractivity contribution in [3.05, 3.63) is 101 Å². The number of nitrogens with zero attached hydrogens (tertiary/aromatic N) is 1. The minimum absolute atomic E-state index is 0.0518. The number of aryl methyl sites for hydroxylation is 2. The molecule has 7 nitrogen and oxygen atoms in total. The Hall–Kier alpha value is -4.33. The highest BCUT2D eigenvalue weighted by Crippen LogP contribution is 2.40. The van der Waals surface area contributed by atoms with Crippen LogP contribution in [0.1, 0.15) is 74.8 Å². The van der Waals surface area contributed by atoms with Crippen molar-refractivity contribution in [1.82, 2.24) is 10.3 Å². The molecule has 1 aromatic heterocycles. The molecule has 3 aromatic rings. The molecule has 8 heteroatoms. The van der Waals surface area contributed by atoms with Crippen LogP contribution >= 0.6 is 0 Å². The molecular weight excluding hydrogens is 499 g/mol. The lowest BCUT2D eigenvalue weighted by atomic mass is 9.88. The van der Waals surface area contributed by atoms with Crippen molar-refractivity contribution in [2.45, 2.75) is 39.7 Å². The summed E-state index contributed by atoms with van der Waals surface area (Å²) in [5.74, 6) is -1.70. The van der Waals surface area contributed by atoms with Crippen LogP contribution in [-0.2, 0) is 22.3 Å². The van der Waals surface area contributed by atoms with E-state index in [0.717, 1.165) is 5.56 Å². The van der Waals surface area contributed by atoms with E-state index in [1.807, 2.05) is 13.8 Å². The van der Waals surface area contributed by atoms with E-state index in [1.54, 1.807) is 43.3 Å². The zero-order valence-corrected chi connectivity index (χ0v) is 22.3. The van der Waals surface area contributed by atoms with E-state index in [1.165, 1.54) is 18.2 Å². The van der Waals surface area contributed by atoms with Gasteiger partial charge in [-0.05, 0) is 61.1 Å². The summed E-state index contributed by atoms with van der Waals surface area (Å²) in [4.78, 5) is 43.9. The molecule has 1 N–H and O–H groups in total. The molecule has 0 radical (unpaired) electrons. The van der Waals surface area contributed by atoms with Gasteiger partial charge < -0.3 is 14.8 Å². The molecule has 2 aromatic carbocycles. The van der Waals surface area contributed by atoms with Gasteiger partial charge in [-0.15, -0.1) is 0 Å². The van der Waals surface area contributed by atoms with E-state index in [4.69, 9.17) is 14.5 Å². The Kier molecular flexibility index (Phi) is 8.54. The van der Waals surface area contributed by atoms with Crippen molar-refractivity contribution in [2.24, 2.45) is 5.92 Å². The third kappa shape index (κ3) is 5.90. The summed E-state index contributed by atoms with van der Waals surface area (Å²) >= 11 is 0. The smallest absolute Gasteiger partial charge is 0.340 e. The number of nitrogens with one attached hydrogen (secondary N) is 1. The summed E-state index contributed by atoms with van der Waals surface area (Å²) in [7, 11) is 0. The SMILES string of the molecule is C=CCOC(=O)c1ccc(-c2c(C(=O)OCC)c(CCc3ccc(F)cc3)nc3c2C(=O)N[C@H]3C(C)C)cc1. The third-order valence-electron chi connectivity index (χ3n) is 6.56.